The summed E-state index contributed by atoms with van der Waals surface area (Å²) in [5, 5.41) is 0. The number of anilines is 1. The minimum atomic E-state index is 0.453. The average molecular weight is 331 g/mol. The van der Waals surface area contributed by atoms with E-state index in [0.29, 0.717) is 5.95 Å². The van der Waals surface area contributed by atoms with Crippen LogP contribution in [0.4, 0.5) is 5.95 Å². The molecule has 5 heteroatoms. The van der Waals surface area contributed by atoms with Crippen molar-refractivity contribution in [3.05, 3.63) is 46.6 Å². The number of nitrogens with two attached hydrogens (primary N) is 1. The van der Waals surface area contributed by atoms with E-state index in [1.807, 2.05) is 10.6 Å². The quantitative estimate of drug-likeness (QED) is 0.796. The first-order valence-corrected chi connectivity index (χ1v) is 7.37. The lowest BCUT2D eigenvalue weighted by atomic mass is 10.1. The first kappa shape index (κ1) is 13.1. The normalized spacial score (nSPS) is 11.1. The minimum absolute atomic E-state index is 0.453. The van der Waals surface area contributed by atoms with Crippen LogP contribution in [0.1, 0.15) is 18.9 Å². The van der Waals surface area contributed by atoms with Crippen LogP contribution in [0.15, 0.2) is 41.0 Å². The lowest BCUT2D eigenvalue weighted by molar-refractivity contribution is 0.920. The molecule has 0 bridgehead atoms. The van der Waals surface area contributed by atoms with Crippen molar-refractivity contribution in [3.63, 3.8) is 0 Å². The lowest BCUT2D eigenvalue weighted by Crippen LogP contribution is -2.01. The zero-order valence-electron chi connectivity index (χ0n) is 11.2. The highest BCUT2D eigenvalue weighted by Gasteiger charge is 2.11. The van der Waals surface area contributed by atoms with Crippen LogP contribution in [-0.2, 0) is 6.42 Å². The van der Waals surface area contributed by atoms with Gasteiger partial charge in [-0.05, 0) is 46.1 Å². The lowest BCUT2D eigenvalue weighted by Gasteiger charge is -2.07. The Hall–Kier alpha value is -1.88. The molecule has 0 atom stereocenters. The maximum atomic E-state index is 6.03. The fourth-order valence-electron chi connectivity index (χ4n) is 2.31. The van der Waals surface area contributed by atoms with Crippen LogP contribution in [-0.4, -0.2) is 14.5 Å². The van der Waals surface area contributed by atoms with Gasteiger partial charge in [-0.3, -0.25) is 4.57 Å². The number of fused-ring (bicyclic) bond motifs is 1. The summed E-state index contributed by atoms with van der Waals surface area (Å²) in [6.45, 7) is 2.18. The number of aromatic nitrogens is 3. The number of nitrogens with zero attached hydrogens (tertiary/aromatic N) is 3. The molecule has 3 aromatic rings. The molecular formula is C15H15BrN4. The van der Waals surface area contributed by atoms with Crippen molar-refractivity contribution in [2.24, 2.45) is 0 Å². The van der Waals surface area contributed by atoms with E-state index in [0.717, 1.165) is 34.2 Å². The molecular weight excluding hydrogens is 316 g/mol. The van der Waals surface area contributed by atoms with Gasteiger partial charge in [-0.2, -0.15) is 0 Å². The molecule has 102 valence electrons. The Balaban J connectivity index is 2.11. The number of hydrogen-bond donors (Lipinski definition) is 1. The minimum Gasteiger partial charge on any atom is -0.369 e. The molecule has 0 unspecified atom stereocenters. The Bertz CT molecular complexity index is 746. The largest absolute Gasteiger partial charge is 0.369 e. The van der Waals surface area contributed by atoms with E-state index >= 15 is 0 Å². The number of imidazole rings is 1. The monoisotopic (exact) mass is 330 g/mol. The smallest absolute Gasteiger partial charge is 0.207 e. The van der Waals surface area contributed by atoms with Crippen LogP contribution >= 0.6 is 15.9 Å². The molecule has 0 saturated heterocycles. The highest BCUT2D eigenvalue weighted by atomic mass is 79.9. The van der Waals surface area contributed by atoms with Gasteiger partial charge in [-0.25, -0.2) is 9.97 Å². The second kappa shape index (κ2) is 5.25. The third-order valence-electron chi connectivity index (χ3n) is 3.22. The number of nitrogen functional groups attached to an aromatic ring is 1. The Morgan fingerprint density at radius 1 is 1.25 bits per heavy atom. The van der Waals surface area contributed by atoms with Crippen molar-refractivity contribution in [1.29, 1.82) is 0 Å². The fraction of sp³-hybridized carbons (Fsp3) is 0.200. The van der Waals surface area contributed by atoms with E-state index in [4.69, 9.17) is 5.73 Å². The molecule has 0 aliphatic carbocycles. The first-order valence-electron chi connectivity index (χ1n) is 6.58. The van der Waals surface area contributed by atoms with Crippen molar-refractivity contribution >= 4 is 33.0 Å². The SMILES string of the molecule is CCCc1ccc(-n2c(N)nc3cc(Br)cnc32)cc1. The highest BCUT2D eigenvalue weighted by molar-refractivity contribution is 9.10. The van der Waals surface area contributed by atoms with Crippen LogP contribution in [0.25, 0.3) is 16.9 Å². The van der Waals surface area contributed by atoms with Gasteiger partial charge in [-0.1, -0.05) is 25.5 Å². The molecule has 3 rings (SSSR count). The highest BCUT2D eigenvalue weighted by Crippen LogP contribution is 2.24. The van der Waals surface area contributed by atoms with E-state index < -0.39 is 0 Å². The molecule has 20 heavy (non-hydrogen) atoms. The molecule has 0 aliphatic rings. The average Bonchev–Trinajstić information content (AvgIpc) is 2.75. The van der Waals surface area contributed by atoms with Gasteiger partial charge in [0.2, 0.25) is 5.95 Å². The maximum absolute atomic E-state index is 6.03. The van der Waals surface area contributed by atoms with Crippen molar-refractivity contribution < 1.29 is 0 Å². The van der Waals surface area contributed by atoms with Gasteiger partial charge < -0.3 is 5.73 Å². The number of aryl methyl sites for hydroxylation is 1. The van der Waals surface area contributed by atoms with Gasteiger partial charge in [0, 0.05) is 10.7 Å². The van der Waals surface area contributed by atoms with Crippen molar-refractivity contribution in [2.45, 2.75) is 19.8 Å². The van der Waals surface area contributed by atoms with E-state index in [1.165, 1.54) is 5.56 Å². The Labute approximate surface area is 125 Å². The molecule has 0 amide bonds. The van der Waals surface area contributed by atoms with Crippen LogP contribution in [0.5, 0.6) is 0 Å². The summed E-state index contributed by atoms with van der Waals surface area (Å²) in [7, 11) is 0. The summed E-state index contributed by atoms with van der Waals surface area (Å²) in [5.41, 5.74) is 9.90. The Kier molecular flexibility index (Phi) is 3.44. The standard InChI is InChI=1S/C15H15BrN4/c1-2-3-10-4-6-12(7-5-10)20-14-13(19-15(20)17)8-11(16)9-18-14/h4-9H,2-3H2,1H3,(H2,17,19). The molecule has 2 heterocycles. The van der Waals surface area contributed by atoms with Crippen LogP contribution in [0.3, 0.4) is 0 Å². The molecule has 1 aromatic carbocycles. The number of halogens is 1. The molecule has 4 nitrogen and oxygen atoms in total. The van der Waals surface area contributed by atoms with Crippen LogP contribution < -0.4 is 5.73 Å². The van der Waals surface area contributed by atoms with Gasteiger partial charge in [0.25, 0.3) is 0 Å². The topological polar surface area (TPSA) is 56.7 Å². The van der Waals surface area contributed by atoms with Gasteiger partial charge in [-0.15, -0.1) is 0 Å². The molecule has 2 aromatic heterocycles. The van der Waals surface area contributed by atoms with Gasteiger partial charge in [0.1, 0.15) is 5.52 Å². The molecule has 0 aliphatic heterocycles. The number of benzene rings is 1. The first-order chi connectivity index (χ1) is 9.69. The van der Waals surface area contributed by atoms with Gasteiger partial charge in [0.05, 0.1) is 5.69 Å². The summed E-state index contributed by atoms with van der Waals surface area (Å²) in [6, 6.07) is 10.3. The zero-order chi connectivity index (χ0) is 14.1. The Morgan fingerprint density at radius 2 is 2.00 bits per heavy atom. The number of pyridine rings is 1. The van der Waals surface area contributed by atoms with E-state index in [-0.39, 0.29) is 0 Å². The Morgan fingerprint density at radius 3 is 2.70 bits per heavy atom. The zero-order valence-corrected chi connectivity index (χ0v) is 12.8. The molecule has 0 radical (unpaired) electrons. The third-order valence-corrected chi connectivity index (χ3v) is 3.66. The molecule has 0 fully saturated rings. The summed E-state index contributed by atoms with van der Waals surface area (Å²) < 4.78 is 2.77. The molecule has 2 N–H and O–H groups in total. The van der Waals surface area contributed by atoms with Crippen molar-refractivity contribution in [1.82, 2.24) is 14.5 Å². The predicted octanol–water partition coefficient (Wildman–Crippen LogP) is 3.72. The summed E-state index contributed by atoms with van der Waals surface area (Å²) in [4.78, 5) is 8.77. The summed E-state index contributed by atoms with van der Waals surface area (Å²) >= 11 is 3.40. The van der Waals surface area contributed by atoms with E-state index in [2.05, 4.69) is 57.1 Å². The van der Waals surface area contributed by atoms with Crippen LogP contribution in [0.2, 0.25) is 0 Å². The van der Waals surface area contributed by atoms with E-state index in [1.54, 1.807) is 6.20 Å². The third kappa shape index (κ3) is 2.29. The second-order valence-electron chi connectivity index (χ2n) is 4.72. The van der Waals surface area contributed by atoms with Gasteiger partial charge >= 0.3 is 0 Å². The van der Waals surface area contributed by atoms with Crippen LogP contribution in [0, 0.1) is 0 Å². The summed E-state index contributed by atoms with van der Waals surface area (Å²) in [6.07, 6.45) is 3.99. The maximum Gasteiger partial charge on any atom is 0.207 e. The molecule has 0 saturated carbocycles. The second-order valence-corrected chi connectivity index (χ2v) is 5.63. The number of hydrogen-bond acceptors (Lipinski definition) is 3. The van der Waals surface area contributed by atoms with Crippen molar-refractivity contribution in [2.75, 3.05) is 5.73 Å². The molecule has 0 spiro atoms. The summed E-state index contributed by atoms with van der Waals surface area (Å²) in [5.74, 6) is 0.453. The predicted molar refractivity (Wildman–Crippen MR) is 85.0 cm³/mol. The van der Waals surface area contributed by atoms with Crippen molar-refractivity contribution in [3.8, 4) is 5.69 Å². The van der Waals surface area contributed by atoms with Gasteiger partial charge in [0.15, 0.2) is 5.65 Å². The fourth-order valence-corrected chi connectivity index (χ4v) is 2.63. The number of rotatable bonds is 3. The van der Waals surface area contributed by atoms with E-state index in [9.17, 15) is 0 Å².